The summed E-state index contributed by atoms with van der Waals surface area (Å²) in [6.07, 6.45) is -3.49. The van der Waals surface area contributed by atoms with Crippen molar-refractivity contribution in [2.75, 3.05) is 0 Å². The van der Waals surface area contributed by atoms with Crippen LogP contribution in [0.3, 0.4) is 0 Å². The average Bonchev–Trinajstić information content (AvgIpc) is 1.82. The third-order valence-electron chi connectivity index (χ3n) is 1.30. The van der Waals surface area contributed by atoms with Crippen LogP contribution in [0.4, 0.5) is 13.2 Å². The molecule has 0 saturated heterocycles. The molecule has 0 saturated carbocycles. The van der Waals surface area contributed by atoms with Crippen molar-refractivity contribution in [3.63, 3.8) is 0 Å². The van der Waals surface area contributed by atoms with Crippen LogP contribution in [0.2, 0.25) is 0 Å². The van der Waals surface area contributed by atoms with Gasteiger partial charge in [0.05, 0.1) is 0 Å². The van der Waals surface area contributed by atoms with E-state index in [0.29, 0.717) is 0 Å². The Kier molecular flexibility index (Phi) is 2.32. The number of hydrogen-bond acceptors (Lipinski definition) is 2. The fraction of sp³-hybridized carbons (Fsp3) is 0.500. The van der Waals surface area contributed by atoms with E-state index in [-0.39, 0.29) is 12.1 Å². The second-order valence-electron chi connectivity index (χ2n) is 2.37. The van der Waals surface area contributed by atoms with Gasteiger partial charge in [-0.25, -0.2) is 0 Å². The van der Waals surface area contributed by atoms with Gasteiger partial charge in [-0.3, -0.25) is 4.99 Å². The number of rotatable bonds is 0. The third-order valence-corrected chi connectivity index (χ3v) is 1.55. The molecule has 0 aromatic heterocycles. The van der Waals surface area contributed by atoms with Crippen LogP contribution in [0.25, 0.3) is 0 Å². The fourth-order valence-electron chi connectivity index (χ4n) is 0.818. The second kappa shape index (κ2) is 2.97. The first-order valence-corrected chi connectivity index (χ1v) is 3.58. The molecule has 6 heteroatoms. The molecule has 0 radical (unpaired) electrons. The van der Waals surface area contributed by atoms with Crippen LogP contribution in [0, 0.1) is 0 Å². The summed E-state index contributed by atoms with van der Waals surface area (Å²) in [5.41, 5.74) is 3.41. The van der Waals surface area contributed by atoms with Crippen LogP contribution >= 0.6 is 11.6 Å². The number of allylic oxidation sites excluding steroid dienone is 1. The van der Waals surface area contributed by atoms with Crippen molar-refractivity contribution in [1.82, 2.24) is 0 Å². The quantitative estimate of drug-likeness (QED) is 0.468. The normalized spacial score (nSPS) is 24.8. The largest absolute Gasteiger partial charge is 0.433 e. The first-order chi connectivity index (χ1) is 5.39. The van der Waals surface area contributed by atoms with Gasteiger partial charge in [0.15, 0.2) is 0 Å². The Labute approximate surface area is 71.9 Å². The Bertz CT molecular complexity index is 244. The van der Waals surface area contributed by atoms with E-state index in [1.165, 1.54) is 0 Å². The summed E-state index contributed by atoms with van der Waals surface area (Å²) in [5, 5.41) is 0. The van der Waals surface area contributed by atoms with Gasteiger partial charge < -0.3 is 5.73 Å². The molecule has 2 N–H and O–H groups in total. The lowest BCUT2D eigenvalue weighted by molar-refractivity contribution is -0.0581. The third kappa shape index (κ3) is 2.14. The molecule has 1 rings (SSSR count). The highest BCUT2D eigenvalue weighted by Gasteiger charge is 2.36. The standard InChI is InChI=1S/C6H6ClF3N2/c7-5-2-3(11)1-4(12-5)6(8,9)10/h1,5H,2,11H2. The second-order valence-corrected chi connectivity index (χ2v) is 2.87. The molecule has 1 aliphatic rings. The molecule has 0 fully saturated rings. The molecule has 1 atom stereocenters. The minimum Gasteiger partial charge on any atom is -0.402 e. The minimum absolute atomic E-state index is 0.109. The topological polar surface area (TPSA) is 38.4 Å². The van der Waals surface area contributed by atoms with Gasteiger partial charge in [-0.1, -0.05) is 11.6 Å². The van der Waals surface area contributed by atoms with Crippen LogP contribution in [0.1, 0.15) is 6.42 Å². The highest BCUT2D eigenvalue weighted by Crippen LogP contribution is 2.24. The Morgan fingerprint density at radius 1 is 1.58 bits per heavy atom. The Morgan fingerprint density at radius 2 is 2.17 bits per heavy atom. The molecular formula is C6H6ClF3N2. The van der Waals surface area contributed by atoms with E-state index in [4.69, 9.17) is 17.3 Å². The predicted octanol–water partition coefficient (Wildman–Crippen LogP) is 1.80. The summed E-state index contributed by atoms with van der Waals surface area (Å²) in [7, 11) is 0. The molecule has 1 aliphatic heterocycles. The van der Waals surface area contributed by atoms with Gasteiger partial charge in [-0.05, 0) is 6.08 Å². The number of dihydropyridines is 1. The van der Waals surface area contributed by atoms with Gasteiger partial charge in [0.25, 0.3) is 0 Å². The van der Waals surface area contributed by atoms with E-state index in [1.807, 2.05) is 0 Å². The van der Waals surface area contributed by atoms with E-state index < -0.39 is 17.4 Å². The van der Waals surface area contributed by atoms with Crippen molar-refractivity contribution in [2.24, 2.45) is 10.7 Å². The van der Waals surface area contributed by atoms with E-state index >= 15 is 0 Å². The van der Waals surface area contributed by atoms with Crippen molar-refractivity contribution >= 4 is 17.3 Å². The Balaban J connectivity index is 2.91. The lowest BCUT2D eigenvalue weighted by atomic mass is 10.2. The summed E-state index contributed by atoms with van der Waals surface area (Å²) in [6.45, 7) is 0. The Morgan fingerprint density at radius 3 is 2.58 bits per heavy atom. The molecule has 0 aliphatic carbocycles. The molecule has 0 aromatic carbocycles. The van der Waals surface area contributed by atoms with Gasteiger partial charge in [-0.2, -0.15) is 13.2 Å². The van der Waals surface area contributed by atoms with E-state index in [2.05, 4.69) is 4.99 Å². The molecule has 68 valence electrons. The number of halogens is 4. The first kappa shape index (κ1) is 9.38. The maximum absolute atomic E-state index is 12.0. The fourth-order valence-corrected chi connectivity index (χ4v) is 1.10. The molecule has 0 spiro atoms. The average molecular weight is 199 g/mol. The SMILES string of the molecule is NC1=CC(C(F)(F)F)=NC(Cl)C1. The molecular weight excluding hydrogens is 193 g/mol. The monoisotopic (exact) mass is 198 g/mol. The number of nitrogens with zero attached hydrogens (tertiary/aromatic N) is 1. The molecule has 0 bridgehead atoms. The molecule has 0 amide bonds. The van der Waals surface area contributed by atoms with Gasteiger partial charge >= 0.3 is 6.18 Å². The maximum atomic E-state index is 12.0. The van der Waals surface area contributed by atoms with Crippen molar-refractivity contribution in [3.8, 4) is 0 Å². The van der Waals surface area contributed by atoms with E-state index in [0.717, 1.165) is 6.08 Å². The van der Waals surface area contributed by atoms with Crippen molar-refractivity contribution in [1.29, 1.82) is 0 Å². The van der Waals surface area contributed by atoms with Gasteiger partial charge in [0.1, 0.15) is 11.2 Å². The number of hydrogen-bond donors (Lipinski definition) is 1. The van der Waals surface area contributed by atoms with Crippen LogP contribution in [0.15, 0.2) is 16.8 Å². The van der Waals surface area contributed by atoms with Crippen LogP contribution in [-0.2, 0) is 0 Å². The summed E-state index contributed by atoms with van der Waals surface area (Å²) >= 11 is 5.40. The van der Waals surface area contributed by atoms with Crippen LogP contribution in [-0.4, -0.2) is 17.4 Å². The predicted molar refractivity (Wildman–Crippen MR) is 40.0 cm³/mol. The highest BCUT2D eigenvalue weighted by molar-refractivity contribution is 6.22. The van der Waals surface area contributed by atoms with E-state index in [1.54, 1.807) is 0 Å². The smallest absolute Gasteiger partial charge is 0.402 e. The minimum atomic E-state index is -4.46. The zero-order chi connectivity index (χ0) is 9.35. The van der Waals surface area contributed by atoms with Crippen molar-refractivity contribution < 1.29 is 13.2 Å². The van der Waals surface area contributed by atoms with Gasteiger partial charge in [-0.15, -0.1) is 0 Å². The summed E-state index contributed by atoms with van der Waals surface area (Å²) in [6, 6.07) is 0. The molecule has 12 heavy (non-hydrogen) atoms. The summed E-state index contributed by atoms with van der Waals surface area (Å²) in [5.74, 6) is 0. The maximum Gasteiger partial charge on any atom is 0.433 e. The summed E-state index contributed by atoms with van der Waals surface area (Å²) in [4.78, 5) is 3.20. The molecule has 2 nitrogen and oxygen atoms in total. The van der Waals surface area contributed by atoms with Gasteiger partial charge in [0.2, 0.25) is 0 Å². The van der Waals surface area contributed by atoms with Crippen molar-refractivity contribution in [3.05, 3.63) is 11.8 Å². The van der Waals surface area contributed by atoms with E-state index in [9.17, 15) is 13.2 Å². The first-order valence-electron chi connectivity index (χ1n) is 3.14. The Hall–Kier alpha value is -0.710. The molecule has 0 aromatic rings. The van der Waals surface area contributed by atoms with Gasteiger partial charge in [0, 0.05) is 12.1 Å². The summed E-state index contributed by atoms with van der Waals surface area (Å²) < 4.78 is 36.0. The number of alkyl halides is 4. The number of nitrogens with two attached hydrogens (primary N) is 1. The lowest BCUT2D eigenvalue weighted by Gasteiger charge is -2.15. The zero-order valence-electron chi connectivity index (χ0n) is 5.90. The molecule has 1 heterocycles. The van der Waals surface area contributed by atoms with Crippen LogP contribution in [0.5, 0.6) is 0 Å². The van der Waals surface area contributed by atoms with Crippen LogP contribution < -0.4 is 5.73 Å². The number of aliphatic imine (C=N–C) groups is 1. The highest BCUT2D eigenvalue weighted by atomic mass is 35.5. The zero-order valence-corrected chi connectivity index (χ0v) is 6.65. The van der Waals surface area contributed by atoms with Crippen molar-refractivity contribution in [2.45, 2.75) is 18.1 Å². The lowest BCUT2D eigenvalue weighted by Crippen LogP contribution is -2.27. The molecule has 1 unspecified atom stereocenters.